The molecular weight excluding hydrogens is 342 g/mol. The molecule has 5 heteroatoms. The molecule has 2 aromatic carbocycles. The Balaban J connectivity index is 1.54. The van der Waals surface area contributed by atoms with Gasteiger partial charge >= 0.3 is 0 Å². The molecule has 2 heterocycles. The first-order valence-corrected chi connectivity index (χ1v) is 9.75. The number of aryl methyl sites for hydroxylation is 1. The number of para-hydroxylation sites is 1. The maximum Gasteiger partial charge on any atom is 0.236 e. The van der Waals surface area contributed by atoms with Gasteiger partial charge < -0.3 is 4.90 Å². The van der Waals surface area contributed by atoms with Gasteiger partial charge in [-0.2, -0.15) is 0 Å². The highest BCUT2D eigenvalue weighted by Crippen LogP contribution is 2.30. The molecule has 1 aliphatic heterocycles. The minimum Gasteiger partial charge on any atom is -0.337 e. The molecule has 26 heavy (non-hydrogen) atoms. The van der Waals surface area contributed by atoms with Crippen molar-refractivity contribution in [2.75, 3.05) is 6.54 Å². The first-order chi connectivity index (χ1) is 12.6. The number of hydrogen-bond acceptors (Lipinski definition) is 4. The van der Waals surface area contributed by atoms with Crippen molar-refractivity contribution >= 4 is 28.6 Å². The minimum atomic E-state index is -0.182. The van der Waals surface area contributed by atoms with Gasteiger partial charge in [0.05, 0.1) is 10.8 Å². The molecule has 0 N–H and O–H groups in total. The van der Waals surface area contributed by atoms with Gasteiger partial charge in [0.15, 0.2) is 0 Å². The molecule has 1 aromatic heterocycles. The van der Waals surface area contributed by atoms with Crippen molar-refractivity contribution in [3.63, 3.8) is 0 Å². The number of benzene rings is 2. The number of hydrogen-bond donors (Lipinski definition) is 0. The third kappa shape index (κ3) is 3.31. The molecule has 0 unspecified atom stereocenters. The summed E-state index contributed by atoms with van der Waals surface area (Å²) >= 11 is 1.53. The molecule has 0 aliphatic carbocycles. The molecule has 4 rings (SSSR count). The van der Waals surface area contributed by atoms with Crippen LogP contribution in [0.3, 0.4) is 0 Å². The second-order valence-electron chi connectivity index (χ2n) is 6.63. The molecule has 4 nitrogen and oxygen atoms in total. The van der Waals surface area contributed by atoms with E-state index in [2.05, 4.69) is 28.2 Å². The topological polar surface area (TPSA) is 46.1 Å². The van der Waals surface area contributed by atoms with E-state index in [9.17, 15) is 4.79 Å². The fourth-order valence-electron chi connectivity index (χ4n) is 3.41. The summed E-state index contributed by atoms with van der Waals surface area (Å²) in [7, 11) is 0. The van der Waals surface area contributed by atoms with E-state index in [-0.39, 0.29) is 11.2 Å². The Morgan fingerprint density at radius 2 is 1.81 bits per heavy atom. The van der Waals surface area contributed by atoms with E-state index in [4.69, 9.17) is 0 Å². The lowest BCUT2D eigenvalue weighted by molar-refractivity contribution is -0.131. The Bertz CT molecular complexity index is 972. The predicted octanol–water partition coefficient (Wildman–Crippen LogP) is 4.00. The summed E-state index contributed by atoms with van der Waals surface area (Å²) in [4.78, 5) is 24.0. The molecule has 1 aliphatic rings. The van der Waals surface area contributed by atoms with Crippen molar-refractivity contribution in [1.29, 1.82) is 0 Å². The van der Waals surface area contributed by atoms with Gasteiger partial charge in [0.1, 0.15) is 10.9 Å². The molecule has 3 aromatic rings. The van der Waals surface area contributed by atoms with Crippen molar-refractivity contribution in [3.05, 3.63) is 65.5 Å². The number of thioether (sulfide) groups is 1. The fraction of sp³-hybridized carbons (Fsp3) is 0.286. The minimum absolute atomic E-state index is 0.171. The molecule has 0 saturated carbocycles. The Morgan fingerprint density at radius 3 is 2.65 bits per heavy atom. The zero-order chi connectivity index (χ0) is 18.1. The van der Waals surface area contributed by atoms with E-state index in [1.165, 1.54) is 22.9 Å². The zero-order valence-electron chi connectivity index (χ0n) is 15.0. The summed E-state index contributed by atoms with van der Waals surface area (Å²) in [6.07, 6.45) is 0.925. The fourth-order valence-corrected chi connectivity index (χ4v) is 4.48. The lowest BCUT2D eigenvalue weighted by Gasteiger charge is -2.30. The van der Waals surface area contributed by atoms with Crippen LogP contribution in [0.15, 0.2) is 53.6 Å². The highest BCUT2D eigenvalue weighted by atomic mass is 32.2. The summed E-state index contributed by atoms with van der Waals surface area (Å²) in [6.45, 7) is 5.35. The Labute approximate surface area is 157 Å². The summed E-state index contributed by atoms with van der Waals surface area (Å²) in [6, 6.07) is 16.4. The average Bonchev–Trinajstić information content (AvgIpc) is 2.66. The Kier molecular flexibility index (Phi) is 4.64. The van der Waals surface area contributed by atoms with Crippen molar-refractivity contribution in [3.8, 4) is 0 Å². The van der Waals surface area contributed by atoms with Gasteiger partial charge in [0, 0.05) is 18.5 Å². The summed E-state index contributed by atoms with van der Waals surface area (Å²) in [5, 5.41) is 1.70. The Morgan fingerprint density at radius 1 is 1.08 bits per heavy atom. The third-order valence-electron chi connectivity index (χ3n) is 4.76. The van der Waals surface area contributed by atoms with E-state index >= 15 is 0 Å². The van der Waals surface area contributed by atoms with Crippen LogP contribution in [0, 0.1) is 6.92 Å². The lowest BCUT2D eigenvalue weighted by Crippen LogP contribution is -2.40. The van der Waals surface area contributed by atoms with Crippen LogP contribution in [-0.2, 0) is 17.8 Å². The molecule has 0 bridgehead atoms. The number of aromatic nitrogens is 2. The van der Waals surface area contributed by atoms with Crippen LogP contribution >= 0.6 is 11.8 Å². The second-order valence-corrected chi connectivity index (χ2v) is 7.96. The predicted molar refractivity (Wildman–Crippen MR) is 105 cm³/mol. The van der Waals surface area contributed by atoms with E-state index in [1.807, 2.05) is 49.1 Å². The van der Waals surface area contributed by atoms with E-state index in [1.54, 1.807) is 0 Å². The summed E-state index contributed by atoms with van der Waals surface area (Å²) < 4.78 is 0. The summed E-state index contributed by atoms with van der Waals surface area (Å²) in [5.74, 6) is 0.905. The van der Waals surface area contributed by atoms with Crippen LogP contribution in [0.1, 0.15) is 23.9 Å². The van der Waals surface area contributed by atoms with Crippen molar-refractivity contribution in [1.82, 2.24) is 14.9 Å². The Hall–Kier alpha value is -2.40. The number of rotatable bonds is 3. The van der Waals surface area contributed by atoms with Gasteiger partial charge in [-0.1, -0.05) is 54.2 Å². The highest BCUT2D eigenvalue weighted by molar-refractivity contribution is 8.00. The van der Waals surface area contributed by atoms with E-state index in [0.29, 0.717) is 6.54 Å². The lowest BCUT2D eigenvalue weighted by atomic mass is 10.00. The first kappa shape index (κ1) is 17.0. The highest BCUT2D eigenvalue weighted by Gasteiger charge is 2.26. The molecule has 1 amide bonds. The molecule has 0 spiro atoms. The normalized spacial score (nSPS) is 14.9. The number of amides is 1. The van der Waals surface area contributed by atoms with Crippen LogP contribution in [0.2, 0.25) is 0 Å². The standard InChI is InChI=1S/C21H21N3OS/c1-14(21(25)24-12-11-16-7-3-4-8-17(16)13-24)26-20-18-9-5-6-10-19(18)22-15(2)23-20/h3-10,14H,11-13H2,1-2H3/t14-/m1/s1. The quantitative estimate of drug-likeness (QED) is 0.521. The zero-order valence-corrected chi connectivity index (χ0v) is 15.8. The van der Waals surface area contributed by atoms with Crippen molar-refractivity contribution in [2.24, 2.45) is 0 Å². The maximum absolute atomic E-state index is 13.0. The maximum atomic E-state index is 13.0. The van der Waals surface area contributed by atoms with Gasteiger partial charge in [-0.15, -0.1) is 0 Å². The van der Waals surface area contributed by atoms with Gasteiger partial charge in [-0.25, -0.2) is 9.97 Å². The van der Waals surface area contributed by atoms with Crippen LogP contribution in [0.5, 0.6) is 0 Å². The first-order valence-electron chi connectivity index (χ1n) is 8.87. The molecule has 0 saturated heterocycles. The van der Waals surface area contributed by atoms with Gasteiger partial charge in [0.2, 0.25) is 5.91 Å². The van der Waals surface area contributed by atoms with Gasteiger partial charge in [-0.05, 0) is 37.5 Å². The smallest absolute Gasteiger partial charge is 0.236 e. The molecule has 132 valence electrons. The number of carbonyl (C=O) groups excluding carboxylic acids is 1. The molecule has 0 fully saturated rings. The van der Waals surface area contributed by atoms with Gasteiger partial charge in [0.25, 0.3) is 0 Å². The van der Waals surface area contributed by atoms with Crippen LogP contribution in [0.4, 0.5) is 0 Å². The number of nitrogens with zero attached hydrogens (tertiary/aromatic N) is 3. The summed E-state index contributed by atoms with van der Waals surface area (Å²) in [5.41, 5.74) is 3.54. The molecular formula is C21H21N3OS. The monoisotopic (exact) mass is 363 g/mol. The number of carbonyl (C=O) groups is 1. The third-order valence-corrected chi connectivity index (χ3v) is 5.85. The molecule has 0 radical (unpaired) electrons. The largest absolute Gasteiger partial charge is 0.337 e. The molecule has 1 atom stereocenters. The second kappa shape index (κ2) is 7.08. The van der Waals surface area contributed by atoms with Crippen molar-refractivity contribution < 1.29 is 4.79 Å². The van der Waals surface area contributed by atoms with Gasteiger partial charge in [-0.3, -0.25) is 4.79 Å². The average molecular weight is 363 g/mol. The number of fused-ring (bicyclic) bond motifs is 2. The van der Waals surface area contributed by atoms with E-state index < -0.39 is 0 Å². The van der Waals surface area contributed by atoms with Crippen LogP contribution in [-0.4, -0.2) is 32.6 Å². The van der Waals surface area contributed by atoms with Crippen LogP contribution < -0.4 is 0 Å². The van der Waals surface area contributed by atoms with Crippen LogP contribution in [0.25, 0.3) is 10.9 Å². The van der Waals surface area contributed by atoms with Crippen molar-refractivity contribution in [2.45, 2.75) is 37.1 Å². The van der Waals surface area contributed by atoms with E-state index in [0.717, 1.165) is 34.7 Å². The SMILES string of the molecule is Cc1nc(S[C@H](C)C(=O)N2CCc3ccccc3C2)c2ccccc2n1.